The summed E-state index contributed by atoms with van der Waals surface area (Å²) in [6.07, 6.45) is 3.48. The van der Waals surface area contributed by atoms with Gasteiger partial charge in [-0.3, -0.25) is 0 Å². The predicted molar refractivity (Wildman–Crippen MR) is 118 cm³/mol. The summed E-state index contributed by atoms with van der Waals surface area (Å²) in [6.45, 7) is 3.17. The Morgan fingerprint density at radius 3 is 2.76 bits per heavy atom. The molecule has 29 heavy (non-hydrogen) atoms. The Hall–Kier alpha value is -2.99. The molecule has 0 spiro atoms. The largest absolute Gasteiger partial charge is 0.478 e. The molecule has 146 valence electrons. The van der Waals surface area contributed by atoms with Gasteiger partial charge in [0.1, 0.15) is 5.69 Å². The molecule has 5 nitrogen and oxygen atoms in total. The molecule has 0 radical (unpaired) electrons. The van der Waals surface area contributed by atoms with E-state index in [0.29, 0.717) is 11.6 Å². The number of rotatable bonds is 3. The second kappa shape index (κ2) is 7.12. The Bertz CT molecular complexity index is 1200. The molecular formula is C23H21N3O2S. The van der Waals surface area contributed by atoms with Crippen molar-refractivity contribution in [1.29, 1.82) is 0 Å². The number of carboxylic acids is 1. The Morgan fingerprint density at radius 2 is 1.97 bits per heavy atom. The molecule has 6 heteroatoms. The molecule has 0 saturated carbocycles. The fraction of sp³-hybridized carbons (Fsp3) is 0.261. The second-order valence-corrected chi connectivity index (χ2v) is 8.67. The van der Waals surface area contributed by atoms with Crippen molar-refractivity contribution in [1.82, 2.24) is 9.97 Å². The summed E-state index contributed by atoms with van der Waals surface area (Å²) in [5, 5.41) is 10.6. The molecule has 0 unspecified atom stereocenters. The van der Waals surface area contributed by atoms with Crippen molar-refractivity contribution < 1.29 is 9.90 Å². The molecule has 5 rings (SSSR count). The number of hydrogen-bond donors (Lipinski definition) is 1. The van der Waals surface area contributed by atoms with Gasteiger partial charge in [-0.1, -0.05) is 18.2 Å². The fourth-order valence-corrected chi connectivity index (χ4v) is 5.10. The molecule has 4 aromatic rings. The minimum Gasteiger partial charge on any atom is -0.478 e. The number of hydrogen-bond acceptors (Lipinski definition) is 5. The molecule has 2 aromatic heterocycles. The molecule has 0 aliphatic carbocycles. The molecule has 1 aliphatic heterocycles. The average Bonchev–Trinajstić information content (AvgIpc) is 3.17. The van der Waals surface area contributed by atoms with E-state index in [4.69, 9.17) is 9.97 Å². The molecule has 0 amide bonds. The van der Waals surface area contributed by atoms with Gasteiger partial charge in [0.05, 0.1) is 21.5 Å². The molecule has 2 aromatic carbocycles. The minimum atomic E-state index is -0.949. The third-order valence-corrected chi connectivity index (χ3v) is 6.75. The number of carbonyl (C=O) groups is 1. The lowest BCUT2D eigenvalue weighted by Gasteiger charge is -2.35. The van der Waals surface area contributed by atoms with Gasteiger partial charge >= 0.3 is 5.97 Å². The first-order chi connectivity index (χ1) is 14.1. The van der Waals surface area contributed by atoms with Crippen molar-refractivity contribution in [3.63, 3.8) is 0 Å². The average molecular weight is 404 g/mol. The van der Waals surface area contributed by atoms with Crippen molar-refractivity contribution >= 4 is 44.2 Å². The first kappa shape index (κ1) is 18.1. The monoisotopic (exact) mass is 403 g/mol. The summed E-state index contributed by atoms with van der Waals surface area (Å²) in [5.41, 5.74) is 2.47. The summed E-state index contributed by atoms with van der Waals surface area (Å²) in [5.74, 6) is -0.0889. The van der Waals surface area contributed by atoms with Crippen LogP contribution < -0.4 is 4.90 Å². The smallest absolute Gasteiger partial charge is 0.335 e. The van der Waals surface area contributed by atoms with Crippen LogP contribution in [0.25, 0.3) is 31.7 Å². The van der Waals surface area contributed by atoms with Crippen LogP contribution in [-0.2, 0) is 0 Å². The van der Waals surface area contributed by atoms with Crippen molar-refractivity contribution in [2.75, 3.05) is 11.4 Å². The van der Waals surface area contributed by atoms with Crippen LogP contribution in [0.15, 0.2) is 48.5 Å². The quantitative estimate of drug-likeness (QED) is 0.483. The summed E-state index contributed by atoms with van der Waals surface area (Å²) in [7, 11) is 0. The summed E-state index contributed by atoms with van der Waals surface area (Å²) >= 11 is 1.72. The van der Waals surface area contributed by atoms with Crippen molar-refractivity contribution in [3.05, 3.63) is 54.1 Å². The van der Waals surface area contributed by atoms with Crippen LogP contribution in [0.3, 0.4) is 0 Å². The first-order valence-electron chi connectivity index (χ1n) is 9.91. The Labute approximate surface area is 172 Å². The topological polar surface area (TPSA) is 66.3 Å². The van der Waals surface area contributed by atoms with E-state index >= 15 is 0 Å². The van der Waals surface area contributed by atoms with E-state index in [0.717, 1.165) is 41.3 Å². The van der Waals surface area contributed by atoms with E-state index in [1.807, 2.05) is 6.07 Å². The highest BCUT2D eigenvalue weighted by Gasteiger charge is 2.25. The Morgan fingerprint density at radius 1 is 1.10 bits per heavy atom. The Kier molecular flexibility index (Phi) is 4.43. The van der Waals surface area contributed by atoms with Crippen LogP contribution in [0.2, 0.25) is 0 Å². The number of nitrogens with zero attached hydrogens (tertiary/aromatic N) is 3. The van der Waals surface area contributed by atoms with Gasteiger partial charge in [0.15, 0.2) is 5.82 Å². The highest BCUT2D eigenvalue weighted by Crippen LogP contribution is 2.39. The zero-order valence-electron chi connectivity index (χ0n) is 16.1. The van der Waals surface area contributed by atoms with Crippen LogP contribution in [0.5, 0.6) is 0 Å². The maximum atomic E-state index is 11.4. The maximum absolute atomic E-state index is 11.4. The van der Waals surface area contributed by atoms with E-state index in [9.17, 15) is 9.90 Å². The fourth-order valence-electron chi connectivity index (χ4n) is 4.05. The van der Waals surface area contributed by atoms with Crippen molar-refractivity contribution in [2.45, 2.75) is 32.2 Å². The Balaban J connectivity index is 1.74. The van der Waals surface area contributed by atoms with Crippen LogP contribution in [0.1, 0.15) is 36.5 Å². The molecule has 1 saturated heterocycles. The standard InChI is InChI=1S/C23H21N3O2S/c1-14-6-4-5-11-26(14)22-21(20-13-15-7-2-3-8-19(15)29-20)24-17-10-9-16(23(27)28)12-18(17)25-22/h2-3,7-10,12-14H,4-6,11H2,1H3,(H,27,28)/t14-/m0/s1. The zero-order chi connectivity index (χ0) is 20.0. The zero-order valence-corrected chi connectivity index (χ0v) is 16.9. The number of piperidine rings is 1. The van der Waals surface area contributed by atoms with Gasteiger partial charge in [0, 0.05) is 17.3 Å². The number of aromatic nitrogens is 2. The first-order valence-corrected chi connectivity index (χ1v) is 10.7. The SMILES string of the molecule is C[C@H]1CCCCN1c1nc2cc(C(=O)O)ccc2nc1-c1cc2ccccc2s1. The number of carboxylic acid groups (broad SMARTS) is 1. The minimum absolute atomic E-state index is 0.235. The molecule has 1 aliphatic rings. The second-order valence-electron chi connectivity index (χ2n) is 7.59. The lowest BCUT2D eigenvalue weighted by molar-refractivity contribution is 0.0697. The van der Waals surface area contributed by atoms with Crippen LogP contribution in [0, 0.1) is 0 Å². The van der Waals surface area contributed by atoms with Crippen LogP contribution in [0.4, 0.5) is 5.82 Å². The normalized spacial score (nSPS) is 17.1. The lowest BCUT2D eigenvalue weighted by atomic mass is 10.0. The number of thiophene rings is 1. The van der Waals surface area contributed by atoms with Gasteiger partial charge in [-0.2, -0.15) is 0 Å². The molecular weight excluding hydrogens is 382 g/mol. The summed E-state index contributed by atoms with van der Waals surface area (Å²) < 4.78 is 1.23. The molecule has 0 bridgehead atoms. The van der Waals surface area contributed by atoms with E-state index in [1.165, 1.54) is 16.5 Å². The number of anilines is 1. The highest BCUT2D eigenvalue weighted by atomic mass is 32.1. The van der Waals surface area contributed by atoms with Crippen LogP contribution >= 0.6 is 11.3 Å². The maximum Gasteiger partial charge on any atom is 0.335 e. The molecule has 1 atom stereocenters. The summed E-state index contributed by atoms with van der Waals surface area (Å²) in [4.78, 5) is 24.8. The number of fused-ring (bicyclic) bond motifs is 2. The highest BCUT2D eigenvalue weighted by molar-refractivity contribution is 7.22. The van der Waals surface area contributed by atoms with Crippen molar-refractivity contribution in [3.8, 4) is 10.6 Å². The van der Waals surface area contributed by atoms with Gasteiger partial charge in [0.2, 0.25) is 0 Å². The van der Waals surface area contributed by atoms with Crippen LogP contribution in [-0.4, -0.2) is 33.6 Å². The van der Waals surface area contributed by atoms with Gasteiger partial charge < -0.3 is 10.0 Å². The van der Waals surface area contributed by atoms with E-state index in [-0.39, 0.29) is 5.56 Å². The van der Waals surface area contributed by atoms with Gasteiger partial charge in [-0.25, -0.2) is 14.8 Å². The molecule has 3 heterocycles. The molecule has 1 N–H and O–H groups in total. The number of aromatic carboxylic acids is 1. The van der Waals surface area contributed by atoms with E-state index < -0.39 is 5.97 Å². The molecule has 1 fully saturated rings. The number of benzene rings is 2. The lowest BCUT2D eigenvalue weighted by Crippen LogP contribution is -2.38. The summed E-state index contributed by atoms with van der Waals surface area (Å²) in [6, 6.07) is 15.9. The van der Waals surface area contributed by atoms with Gasteiger partial charge in [-0.15, -0.1) is 11.3 Å². The van der Waals surface area contributed by atoms with Gasteiger partial charge in [-0.05, 0) is 61.9 Å². The van der Waals surface area contributed by atoms with Crippen molar-refractivity contribution in [2.24, 2.45) is 0 Å². The van der Waals surface area contributed by atoms with E-state index in [1.54, 1.807) is 29.5 Å². The third-order valence-electron chi connectivity index (χ3n) is 5.63. The van der Waals surface area contributed by atoms with Gasteiger partial charge in [0.25, 0.3) is 0 Å². The van der Waals surface area contributed by atoms with E-state index in [2.05, 4.69) is 36.1 Å². The predicted octanol–water partition coefficient (Wildman–Crippen LogP) is 5.59. The third kappa shape index (κ3) is 3.23.